The molecule has 0 bridgehead atoms. The lowest BCUT2D eigenvalue weighted by molar-refractivity contribution is 0.605. The Labute approximate surface area is 115 Å². The Kier molecular flexibility index (Phi) is 4.62. The third-order valence-corrected chi connectivity index (χ3v) is 4.86. The molecule has 0 saturated heterocycles. The Balaban J connectivity index is 2.28. The van der Waals surface area contributed by atoms with Gasteiger partial charge in [0, 0.05) is 4.88 Å². The van der Waals surface area contributed by atoms with Crippen molar-refractivity contribution in [2.75, 3.05) is 6.54 Å². The van der Waals surface area contributed by atoms with Gasteiger partial charge in [-0.15, -0.1) is 11.3 Å². The van der Waals surface area contributed by atoms with Crippen LogP contribution in [0.25, 0.3) is 0 Å². The zero-order valence-electron chi connectivity index (χ0n) is 10.00. The molecule has 0 aliphatic rings. The summed E-state index contributed by atoms with van der Waals surface area (Å²) in [6, 6.07) is 4.39. The lowest BCUT2D eigenvalue weighted by atomic mass is 10.1. The predicted octanol–water partition coefficient (Wildman–Crippen LogP) is 4.86. The van der Waals surface area contributed by atoms with Crippen LogP contribution in [0.1, 0.15) is 35.4 Å². The van der Waals surface area contributed by atoms with Crippen LogP contribution < -0.4 is 5.32 Å². The van der Waals surface area contributed by atoms with Crippen molar-refractivity contribution in [1.82, 2.24) is 5.32 Å². The number of aryl methyl sites for hydroxylation is 1. The molecular weight excluding hydrogens is 270 g/mol. The Bertz CT molecular complexity index is 475. The number of hydrogen-bond acceptors (Lipinski definition) is 3. The van der Waals surface area contributed by atoms with Gasteiger partial charge in [-0.2, -0.15) is 11.3 Å². The highest BCUT2D eigenvalue weighted by Gasteiger charge is 2.17. The fourth-order valence-electron chi connectivity index (χ4n) is 1.80. The van der Waals surface area contributed by atoms with Crippen molar-refractivity contribution in [1.29, 1.82) is 0 Å². The third-order valence-electron chi connectivity index (χ3n) is 2.68. The first-order valence-electron chi connectivity index (χ1n) is 5.73. The summed E-state index contributed by atoms with van der Waals surface area (Å²) in [7, 11) is 0. The van der Waals surface area contributed by atoms with Crippen molar-refractivity contribution in [2.45, 2.75) is 26.3 Å². The molecule has 2 rings (SSSR count). The van der Waals surface area contributed by atoms with Crippen molar-refractivity contribution in [2.24, 2.45) is 0 Å². The van der Waals surface area contributed by atoms with Gasteiger partial charge in [-0.25, -0.2) is 0 Å². The van der Waals surface area contributed by atoms with Crippen LogP contribution in [0, 0.1) is 6.92 Å². The monoisotopic (exact) mass is 285 g/mol. The molecule has 92 valence electrons. The van der Waals surface area contributed by atoms with E-state index in [2.05, 4.69) is 36.0 Å². The second-order valence-corrected chi connectivity index (χ2v) is 6.53. The van der Waals surface area contributed by atoms with Crippen molar-refractivity contribution >= 4 is 34.3 Å². The molecular formula is C13H16ClNS2. The third kappa shape index (κ3) is 3.10. The van der Waals surface area contributed by atoms with Crippen LogP contribution in [0.5, 0.6) is 0 Å². The molecule has 1 N–H and O–H groups in total. The predicted molar refractivity (Wildman–Crippen MR) is 78.5 cm³/mol. The van der Waals surface area contributed by atoms with Crippen LogP contribution in [-0.2, 0) is 0 Å². The number of nitrogens with one attached hydrogen (secondary N) is 1. The average molecular weight is 286 g/mol. The minimum absolute atomic E-state index is 0.290. The molecule has 0 aromatic carbocycles. The summed E-state index contributed by atoms with van der Waals surface area (Å²) in [6.07, 6.45) is 1.14. The maximum Gasteiger partial charge on any atom is 0.0931 e. The van der Waals surface area contributed by atoms with Gasteiger partial charge in [-0.1, -0.05) is 18.5 Å². The van der Waals surface area contributed by atoms with E-state index in [0.717, 1.165) is 17.3 Å². The van der Waals surface area contributed by atoms with Crippen LogP contribution in [0.2, 0.25) is 4.34 Å². The summed E-state index contributed by atoms with van der Waals surface area (Å²) in [5, 5.41) is 8.03. The summed E-state index contributed by atoms with van der Waals surface area (Å²) in [6.45, 7) is 5.38. The van der Waals surface area contributed by atoms with Crippen molar-refractivity contribution < 1.29 is 0 Å². The lowest BCUT2D eigenvalue weighted by Gasteiger charge is -2.17. The zero-order valence-corrected chi connectivity index (χ0v) is 12.4. The van der Waals surface area contributed by atoms with E-state index in [1.54, 1.807) is 22.7 Å². The Morgan fingerprint density at radius 3 is 2.71 bits per heavy atom. The van der Waals surface area contributed by atoms with Gasteiger partial charge in [0.15, 0.2) is 0 Å². The van der Waals surface area contributed by atoms with Crippen molar-refractivity contribution in [3.63, 3.8) is 0 Å². The normalized spacial score (nSPS) is 12.9. The second kappa shape index (κ2) is 6.01. The van der Waals surface area contributed by atoms with Gasteiger partial charge in [0.1, 0.15) is 0 Å². The van der Waals surface area contributed by atoms with E-state index in [1.807, 2.05) is 6.07 Å². The van der Waals surface area contributed by atoms with Gasteiger partial charge >= 0.3 is 0 Å². The van der Waals surface area contributed by atoms with E-state index in [9.17, 15) is 0 Å². The first-order valence-corrected chi connectivity index (χ1v) is 7.87. The summed E-state index contributed by atoms with van der Waals surface area (Å²) < 4.78 is 0.858. The Morgan fingerprint density at radius 2 is 2.18 bits per heavy atom. The zero-order chi connectivity index (χ0) is 12.3. The molecule has 2 aromatic heterocycles. The lowest BCUT2D eigenvalue weighted by Crippen LogP contribution is -2.22. The van der Waals surface area contributed by atoms with Gasteiger partial charge in [0.2, 0.25) is 0 Å². The fourth-order valence-corrected chi connectivity index (χ4v) is 3.83. The topological polar surface area (TPSA) is 12.0 Å². The molecule has 0 fully saturated rings. The molecule has 0 saturated carbocycles. The van der Waals surface area contributed by atoms with Gasteiger partial charge in [-0.3, -0.25) is 0 Å². The number of halogens is 1. The number of rotatable bonds is 5. The summed E-state index contributed by atoms with van der Waals surface area (Å²) >= 11 is 9.45. The minimum Gasteiger partial charge on any atom is -0.306 e. The first kappa shape index (κ1) is 13.1. The quantitative estimate of drug-likeness (QED) is 0.827. The van der Waals surface area contributed by atoms with Gasteiger partial charge < -0.3 is 5.32 Å². The highest BCUT2D eigenvalue weighted by molar-refractivity contribution is 7.16. The summed E-state index contributed by atoms with van der Waals surface area (Å²) in [4.78, 5) is 1.30. The average Bonchev–Trinajstić information content (AvgIpc) is 2.90. The summed E-state index contributed by atoms with van der Waals surface area (Å²) in [5.41, 5.74) is 2.73. The molecule has 0 aliphatic heterocycles. The second-order valence-electron chi connectivity index (χ2n) is 4.04. The van der Waals surface area contributed by atoms with Crippen LogP contribution in [0.15, 0.2) is 22.9 Å². The molecule has 2 aromatic rings. The van der Waals surface area contributed by atoms with Gasteiger partial charge in [0.25, 0.3) is 0 Å². The minimum atomic E-state index is 0.290. The number of thiophene rings is 2. The van der Waals surface area contributed by atoms with Crippen LogP contribution in [-0.4, -0.2) is 6.54 Å². The molecule has 17 heavy (non-hydrogen) atoms. The molecule has 0 amide bonds. The van der Waals surface area contributed by atoms with Crippen LogP contribution >= 0.6 is 34.3 Å². The van der Waals surface area contributed by atoms with Crippen molar-refractivity contribution in [3.8, 4) is 0 Å². The van der Waals surface area contributed by atoms with E-state index in [1.165, 1.54) is 16.0 Å². The van der Waals surface area contributed by atoms with E-state index in [4.69, 9.17) is 11.6 Å². The molecule has 1 nitrogen and oxygen atoms in total. The molecule has 0 spiro atoms. The Hall–Kier alpha value is -0.350. The van der Waals surface area contributed by atoms with E-state index >= 15 is 0 Å². The van der Waals surface area contributed by atoms with E-state index < -0.39 is 0 Å². The number of hydrogen-bond donors (Lipinski definition) is 1. The largest absolute Gasteiger partial charge is 0.306 e. The molecule has 1 atom stereocenters. The maximum absolute atomic E-state index is 6.03. The van der Waals surface area contributed by atoms with Crippen molar-refractivity contribution in [3.05, 3.63) is 43.2 Å². The molecule has 4 heteroatoms. The summed E-state index contributed by atoms with van der Waals surface area (Å²) in [5.74, 6) is 0. The van der Waals surface area contributed by atoms with Gasteiger partial charge in [-0.05, 0) is 53.9 Å². The molecule has 2 heterocycles. The van der Waals surface area contributed by atoms with Crippen LogP contribution in [0.4, 0.5) is 0 Å². The SMILES string of the molecule is CCCNC(c1ccc(Cl)s1)c1cscc1C. The molecule has 1 unspecified atom stereocenters. The highest BCUT2D eigenvalue weighted by Crippen LogP contribution is 2.33. The molecule has 0 aliphatic carbocycles. The highest BCUT2D eigenvalue weighted by atomic mass is 35.5. The first-order chi connectivity index (χ1) is 8.22. The van der Waals surface area contributed by atoms with Gasteiger partial charge in [0.05, 0.1) is 10.4 Å². The van der Waals surface area contributed by atoms with Crippen LogP contribution in [0.3, 0.4) is 0 Å². The fraction of sp³-hybridized carbons (Fsp3) is 0.385. The van der Waals surface area contributed by atoms with E-state index in [-0.39, 0.29) is 0 Å². The maximum atomic E-state index is 6.03. The Morgan fingerprint density at radius 1 is 1.35 bits per heavy atom. The molecule has 0 radical (unpaired) electrons. The standard InChI is InChI=1S/C13H16ClNS2/c1-3-6-15-13(10-8-16-7-9(10)2)11-4-5-12(14)17-11/h4-5,7-8,13,15H,3,6H2,1-2H3. The van der Waals surface area contributed by atoms with E-state index in [0.29, 0.717) is 6.04 Å². The smallest absolute Gasteiger partial charge is 0.0931 e.